The summed E-state index contributed by atoms with van der Waals surface area (Å²) in [5.41, 5.74) is -4.65. The van der Waals surface area contributed by atoms with Crippen molar-refractivity contribution in [2.24, 2.45) is 0 Å². The number of alkyl halides is 3. The Morgan fingerprint density at radius 3 is 2.18 bits per heavy atom. The van der Waals surface area contributed by atoms with E-state index >= 15 is 0 Å². The molecule has 0 fully saturated rings. The van der Waals surface area contributed by atoms with Crippen molar-refractivity contribution in [1.82, 2.24) is 9.97 Å². The van der Waals surface area contributed by atoms with Crippen molar-refractivity contribution in [3.63, 3.8) is 0 Å². The van der Waals surface area contributed by atoms with Gasteiger partial charge in [0.2, 0.25) is 5.88 Å². The molecule has 11 heteroatoms. The number of aromatic nitrogens is 2. The zero-order valence-corrected chi connectivity index (χ0v) is 15.4. The summed E-state index contributed by atoms with van der Waals surface area (Å²) in [5.74, 6) is 1.17. The molecule has 1 aromatic heterocycles. The fourth-order valence-electron chi connectivity index (χ4n) is 2.39. The largest absolute Gasteiger partial charge is 0.493 e. The molecular weight excluding hydrogens is 399 g/mol. The Labute approximate surface area is 158 Å². The van der Waals surface area contributed by atoms with E-state index in [1.165, 1.54) is 32.7 Å². The van der Waals surface area contributed by atoms with Crippen LogP contribution in [-0.4, -0.2) is 33.9 Å². The predicted molar refractivity (Wildman–Crippen MR) is 94.3 cm³/mol. The third kappa shape index (κ3) is 3.52. The quantitative estimate of drug-likeness (QED) is 0.668. The van der Waals surface area contributed by atoms with Crippen LogP contribution in [0.25, 0.3) is 10.9 Å². The molecule has 1 N–H and O–H groups in total. The number of halogens is 3. The molecule has 3 rings (SSSR count). The van der Waals surface area contributed by atoms with Crippen LogP contribution in [0.4, 0.5) is 13.2 Å². The first-order chi connectivity index (χ1) is 13.2. The highest BCUT2D eigenvalue weighted by atomic mass is 32.2. The fraction of sp³-hybridized carbons (Fsp3) is 0.176. The normalized spacial score (nSPS) is 13.8. The Kier molecular flexibility index (Phi) is 5.02. The summed E-state index contributed by atoms with van der Waals surface area (Å²) in [6, 6.07) is 7.48. The minimum absolute atomic E-state index is 0.140. The van der Waals surface area contributed by atoms with Gasteiger partial charge in [0.05, 0.1) is 30.0 Å². The number of benzene rings is 2. The van der Waals surface area contributed by atoms with E-state index in [-0.39, 0.29) is 11.6 Å². The Morgan fingerprint density at radius 1 is 1.00 bits per heavy atom. The van der Waals surface area contributed by atoms with E-state index in [1.54, 1.807) is 12.1 Å². The van der Waals surface area contributed by atoms with Crippen LogP contribution in [0.5, 0.6) is 23.1 Å². The standard InChI is InChI=1S/C17H14F3N3O4S/c1-25-14-7-12-13(8-15(14)26-2)22-9-23-16(12)27-10-3-5-11(6-4-10)28(21,24)17(18,19)20/h3-9,21H,1-2H3. The first kappa shape index (κ1) is 19.7. The van der Waals surface area contributed by atoms with Crippen LogP contribution in [0.3, 0.4) is 0 Å². The molecule has 3 aromatic rings. The van der Waals surface area contributed by atoms with Gasteiger partial charge in [-0.05, 0) is 30.3 Å². The molecule has 0 bridgehead atoms. The van der Waals surface area contributed by atoms with Crippen molar-refractivity contribution >= 4 is 20.6 Å². The molecular formula is C17H14F3N3O4S. The van der Waals surface area contributed by atoms with Gasteiger partial charge in [-0.1, -0.05) is 0 Å². The minimum Gasteiger partial charge on any atom is -0.493 e. The molecule has 0 amide bonds. The maximum absolute atomic E-state index is 12.7. The number of nitrogens with zero attached hydrogens (tertiary/aromatic N) is 2. The van der Waals surface area contributed by atoms with E-state index in [9.17, 15) is 17.4 Å². The lowest BCUT2D eigenvalue weighted by Gasteiger charge is -2.13. The molecule has 2 aromatic carbocycles. The van der Waals surface area contributed by atoms with E-state index in [0.29, 0.717) is 22.4 Å². The summed E-state index contributed by atoms with van der Waals surface area (Å²) >= 11 is 0. The van der Waals surface area contributed by atoms with Gasteiger partial charge in [0.1, 0.15) is 12.1 Å². The lowest BCUT2D eigenvalue weighted by atomic mass is 10.2. The predicted octanol–water partition coefficient (Wildman–Crippen LogP) is 4.36. The zero-order chi connectivity index (χ0) is 20.5. The number of methoxy groups -OCH3 is 2. The molecule has 1 atom stereocenters. The lowest BCUT2D eigenvalue weighted by Crippen LogP contribution is -2.21. The molecule has 0 aliphatic carbocycles. The van der Waals surface area contributed by atoms with Crippen molar-refractivity contribution in [3.05, 3.63) is 42.7 Å². The van der Waals surface area contributed by atoms with Crippen LogP contribution in [0.1, 0.15) is 0 Å². The Morgan fingerprint density at radius 2 is 1.61 bits per heavy atom. The van der Waals surface area contributed by atoms with E-state index in [4.69, 9.17) is 19.0 Å². The monoisotopic (exact) mass is 413 g/mol. The molecule has 0 aliphatic rings. The van der Waals surface area contributed by atoms with Crippen LogP contribution in [-0.2, 0) is 9.73 Å². The third-order valence-electron chi connectivity index (χ3n) is 3.80. The Bertz CT molecular complexity index is 1120. The third-order valence-corrected chi connectivity index (χ3v) is 5.39. The van der Waals surface area contributed by atoms with Crippen LogP contribution in [0.2, 0.25) is 0 Å². The second-order valence-corrected chi connectivity index (χ2v) is 7.53. The van der Waals surface area contributed by atoms with Crippen LogP contribution in [0.15, 0.2) is 47.6 Å². The molecule has 7 nitrogen and oxygen atoms in total. The first-order valence-electron chi connectivity index (χ1n) is 7.67. The highest BCUT2D eigenvalue weighted by Gasteiger charge is 2.43. The smallest absolute Gasteiger partial charge is 0.483 e. The van der Waals surface area contributed by atoms with Crippen molar-refractivity contribution in [2.75, 3.05) is 14.2 Å². The topological polar surface area (TPSA) is 94.4 Å². The average Bonchev–Trinajstić information content (AvgIpc) is 2.66. The van der Waals surface area contributed by atoms with Crippen molar-refractivity contribution in [1.29, 1.82) is 4.78 Å². The second kappa shape index (κ2) is 7.15. The van der Waals surface area contributed by atoms with E-state index in [1.807, 2.05) is 0 Å². The SMILES string of the molecule is COc1cc2ncnc(Oc3ccc(S(=N)(=O)C(F)(F)F)cc3)c2cc1OC. The van der Waals surface area contributed by atoms with Crippen LogP contribution in [0, 0.1) is 4.78 Å². The second-order valence-electron chi connectivity index (χ2n) is 5.48. The van der Waals surface area contributed by atoms with Crippen LogP contribution >= 0.6 is 0 Å². The van der Waals surface area contributed by atoms with Gasteiger partial charge in [0, 0.05) is 6.07 Å². The molecule has 148 valence electrons. The highest BCUT2D eigenvalue weighted by Crippen LogP contribution is 2.36. The number of rotatable bonds is 5. The number of hydrogen-bond acceptors (Lipinski definition) is 7. The van der Waals surface area contributed by atoms with E-state index in [0.717, 1.165) is 12.1 Å². The van der Waals surface area contributed by atoms with Crippen molar-refractivity contribution in [2.45, 2.75) is 10.4 Å². The first-order valence-corrected chi connectivity index (χ1v) is 9.23. The summed E-state index contributed by atoms with van der Waals surface area (Å²) in [7, 11) is -1.98. The zero-order valence-electron chi connectivity index (χ0n) is 14.6. The van der Waals surface area contributed by atoms with E-state index < -0.39 is 20.1 Å². The van der Waals surface area contributed by atoms with Gasteiger partial charge < -0.3 is 14.2 Å². The molecule has 28 heavy (non-hydrogen) atoms. The number of ether oxygens (including phenoxy) is 3. The van der Waals surface area contributed by atoms with Gasteiger partial charge in [0.15, 0.2) is 21.2 Å². The molecule has 0 saturated heterocycles. The number of nitrogens with one attached hydrogen (secondary N) is 1. The summed E-state index contributed by atoms with van der Waals surface area (Å²) in [6.45, 7) is 0. The molecule has 0 radical (unpaired) electrons. The van der Waals surface area contributed by atoms with Gasteiger partial charge in [-0.3, -0.25) is 0 Å². The van der Waals surface area contributed by atoms with Gasteiger partial charge in [-0.25, -0.2) is 19.0 Å². The number of hydrogen-bond donors (Lipinski definition) is 1. The van der Waals surface area contributed by atoms with E-state index in [2.05, 4.69) is 9.97 Å². The maximum atomic E-state index is 12.7. The van der Waals surface area contributed by atoms with Gasteiger partial charge in [0.25, 0.3) is 0 Å². The summed E-state index contributed by atoms with van der Waals surface area (Å²) in [5, 5.41) is 0.490. The molecule has 0 saturated carbocycles. The minimum atomic E-state index is -5.16. The molecule has 1 unspecified atom stereocenters. The molecule has 0 spiro atoms. The Hall–Kier alpha value is -3.08. The summed E-state index contributed by atoms with van der Waals surface area (Å²) in [4.78, 5) is 7.51. The average molecular weight is 413 g/mol. The van der Waals surface area contributed by atoms with Gasteiger partial charge >= 0.3 is 5.51 Å². The molecule has 0 aliphatic heterocycles. The van der Waals surface area contributed by atoms with Gasteiger partial charge in [-0.2, -0.15) is 13.2 Å². The molecule has 1 heterocycles. The lowest BCUT2D eigenvalue weighted by molar-refractivity contribution is -0.0406. The Balaban J connectivity index is 1.97. The number of fused-ring (bicyclic) bond motifs is 1. The van der Waals surface area contributed by atoms with Crippen molar-refractivity contribution < 1.29 is 31.6 Å². The van der Waals surface area contributed by atoms with Crippen LogP contribution < -0.4 is 14.2 Å². The maximum Gasteiger partial charge on any atom is 0.483 e. The van der Waals surface area contributed by atoms with Gasteiger partial charge in [-0.15, -0.1) is 0 Å². The summed E-state index contributed by atoms with van der Waals surface area (Å²) < 4.78 is 73.1. The highest BCUT2D eigenvalue weighted by molar-refractivity contribution is 7.93. The fourth-order valence-corrected chi connectivity index (χ4v) is 3.17. The summed E-state index contributed by atoms with van der Waals surface area (Å²) in [6.07, 6.45) is 1.26. The van der Waals surface area contributed by atoms with Crippen molar-refractivity contribution in [3.8, 4) is 23.1 Å².